The third kappa shape index (κ3) is 3.79. The Morgan fingerprint density at radius 3 is 2.59 bits per heavy atom. The predicted octanol–water partition coefficient (Wildman–Crippen LogP) is 5.55. The van der Waals surface area contributed by atoms with E-state index in [0.717, 1.165) is 56.3 Å². The molecule has 0 aromatic rings. The molecule has 1 saturated heterocycles. The summed E-state index contributed by atoms with van der Waals surface area (Å²) in [5.41, 5.74) is 1.61. The van der Waals surface area contributed by atoms with Crippen LogP contribution in [0.15, 0.2) is 11.6 Å². The molecule has 0 aromatic heterocycles. The number of fused-ring (bicyclic) bond motifs is 5. The lowest BCUT2D eigenvalue weighted by atomic mass is 9.44. The van der Waals surface area contributed by atoms with Gasteiger partial charge in [-0.1, -0.05) is 19.9 Å². The van der Waals surface area contributed by atoms with Crippen LogP contribution in [-0.2, 0) is 14.3 Å². The van der Waals surface area contributed by atoms with Gasteiger partial charge < -0.3 is 9.64 Å². The minimum absolute atomic E-state index is 0.0152. The van der Waals surface area contributed by atoms with Crippen molar-refractivity contribution in [2.24, 2.45) is 34.5 Å². The lowest BCUT2D eigenvalue weighted by Crippen LogP contribution is -2.54. The minimum Gasteiger partial charge on any atom is -0.462 e. The van der Waals surface area contributed by atoms with E-state index in [4.69, 9.17) is 4.74 Å². The van der Waals surface area contributed by atoms with Crippen LogP contribution in [0.2, 0.25) is 0 Å². The Bertz CT molecular complexity index is 784. The molecule has 4 aliphatic carbocycles. The van der Waals surface area contributed by atoms with Gasteiger partial charge in [-0.15, -0.1) is 0 Å². The number of carbonyl (C=O) groups is 2. The van der Waals surface area contributed by atoms with Gasteiger partial charge >= 0.3 is 5.97 Å². The summed E-state index contributed by atoms with van der Waals surface area (Å²) in [4.78, 5) is 27.2. The van der Waals surface area contributed by atoms with Crippen molar-refractivity contribution in [3.63, 3.8) is 0 Å². The molecule has 0 bridgehead atoms. The Labute approximate surface area is 194 Å². The highest BCUT2D eigenvalue weighted by atomic mass is 16.5. The first-order chi connectivity index (χ1) is 15.3. The number of nitrogens with zero attached hydrogens (tertiary/aromatic N) is 1. The van der Waals surface area contributed by atoms with Crippen LogP contribution in [-0.4, -0.2) is 42.4 Å². The highest BCUT2D eigenvalue weighted by molar-refractivity contribution is 5.95. The maximum atomic E-state index is 12.5. The Hall–Kier alpha value is -1.16. The monoisotopic (exact) mass is 441 g/mol. The molecule has 4 fully saturated rings. The molecule has 1 aliphatic heterocycles. The zero-order valence-electron chi connectivity index (χ0n) is 20.5. The number of Topliss-reactive ketones (excluding diaryl/α,β-unsaturated/α-hetero) is 1. The number of rotatable bonds is 5. The Balaban J connectivity index is 1.20. The smallest absolute Gasteiger partial charge is 0.307 e. The molecule has 32 heavy (non-hydrogen) atoms. The van der Waals surface area contributed by atoms with Gasteiger partial charge in [0.25, 0.3) is 0 Å². The van der Waals surface area contributed by atoms with E-state index in [-0.39, 0.29) is 17.5 Å². The number of allylic oxidation sites excluding steroid dienone is 2. The van der Waals surface area contributed by atoms with Crippen LogP contribution < -0.4 is 0 Å². The van der Waals surface area contributed by atoms with Crippen LogP contribution in [0, 0.1) is 34.5 Å². The molecule has 5 rings (SSSR count). The minimum atomic E-state index is 0.0152. The first-order valence-corrected chi connectivity index (χ1v) is 13.4. The Morgan fingerprint density at radius 2 is 1.84 bits per heavy atom. The molecule has 4 nitrogen and oxygen atoms in total. The predicted molar refractivity (Wildman–Crippen MR) is 126 cm³/mol. The second-order valence-corrected chi connectivity index (χ2v) is 12.2. The van der Waals surface area contributed by atoms with Gasteiger partial charge in [0.2, 0.25) is 0 Å². The number of ether oxygens (including phenoxy) is 1. The molecular formula is C28H43NO3. The second-order valence-electron chi connectivity index (χ2n) is 12.2. The van der Waals surface area contributed by atoms with Crippen molar-refractivity contribution >= 4 is 11.8 Å². The largest absolute Gasteiger partial charge is 0.462 e. The number of hydrogen-bond acceptors (Lipinski definition) is 4. The molecule has 1 heterocycles. The van der Waals surface area contributed by atoms with Gasteiger partial charge in [0.1, 0.15) is 6.10 Å². The third-order valence-corrected chi connectivity index (χ3v) is 10.7. The summed E-state index contributed by atoms with van der Waals surface area (Å²) in [6, 6.07) is 0. The van der Waals surface area contributed by atoms with Gasteiger partial charge in [-0.05, 0) is 124 Å². The molecule has 0 amide bonds. The summed E-state index contributed by atoms with van der Waals surface area (Å²) >= 11 is 0. The molecule has 0 unspecified atom stereocenters. The number of likely N-dealkylation sites (tertiary alicyclic amines) is 1. The van der Waals surface area contributed by atoms with Crippen molar-refractivity contribution in [1.29, 1.82) is 0 Å². The molecule has 3 saturated carbocycles. The maximum Gasteiger partial charge on any atom is 0.307 e. The van der Waals surface area contributed by atoms with Crippen molar-refractivity contribution in [2.45, 2.75) is 97.5 Å². The van der Waals surface area contributed by atoms with Gasteiger partial charge in [0.05, 0.1) is 6.42 Å². The summed E-state index contributed by atoms with van der Waals surface area (Å²) in [7, 11) is 0. The van der Waals surface area contributed by atoms with E-state index >= 15 is 0 Å². The number of carbonyl (C=O) groups excluding carboxylic acids is 2. The average Bonchev–Trinajstić information content (AvgIpc) is 3.39. The third-order valence-electron chi connectivity index (χ3n) is 10.7. The van der Waals surface area contributed by atoms with Crippen molar-refractivity contribution in [3.8, 4) is 0 Å². The van der Waals surface area contributed by atoms with Crippen LogP contribution in [0.4, 0.5) is 0 Å². The highest BCUT2D eigenvalue weighted by Gasteiger charge is 2.59. The average molecular weight is 442 g/mol. The normalized spacial score (nSPS) is 43.7. The molecule has 0 spiro atoms. The quantitative estimate of drug-likeness (QED) is 0.525. The van der Waals surface area contributed by atoms with Gasteiger partial charge in [0, 0.05) is 6.54 Å². The molecule has 0 radical (unpaired) electrons. The molecule has 178 valence electrons. The van der Waals surface area contributed by atoms with Crippen LogP contribution in [0.1, 0.15) is 91.4 Å². The highest BCUT2D eigenvalue weighted by Crippen LogP contribution is 2.66. The van der Waals surface area contributed by atoms with Crippen molar-refractivity contribution in [3.05, 3.63) is 11.6 Å². The van der Waals surface area contributed by atoms with E-state index in [1.54, 1.807) is 6.92 Å². The fourth-order valence-electron chi connectivity index (χ4n) is 8.94. The molecule has 0 aromatic carbocycles. The van der Waals surface area contributed by atoms with Gasteiger partial charge in [0.15, 0.2) is 5.78 Å². The van der Waals surface area contributed by atoms with E-state index in [0.29, 0.717) is 29.5 Å². The number of esters is 1. The lowest BCUT2D eigenvalue weighted by Gasteiger charge is -2.60. The van der Waals surface area contributed by atoms with Crippen molar-refractivity contribution < 1.29 is 14.3 Å². The maximum absolute atomic E-state index is 12.5. The van der Waals surface area contributed by atoms with Crippen molar-refractivity contribution in [1.82, 2.24) is 4.90 Å². The van der Waals surface area contributed by atoms with Crippen LogP contribution in [0.5, 0.6) is 0 Å². The van der Waals surface area contributed by atoms with E-state index in [1.807, 2.05) is 0 Å². The number of ketones is 1. The molecule has 0 N–H and O–H groups in total. The molecular weight excluding hydrogens is 398 g/mol. The van der Waals surface area contributed by atoms with Crippen LogP contribution in [0.25, 0.3) is 0 Å². The topological polar surface area (TPSA) is 46.6 Å². The zero-order chi connectivity index (χ0) is 22.5. The fraction of sp³-hybridized carbons (Fsp3) is 0.857. The molecule has 5 aliphatic rings. The lowest BCUT2D eigenvalue weighted by molar-refractivity contribution is -0.161. The standard InChI is InChI=1S/C28H43NO3/c1-19(30)23-8-9-24-22-7-6-20-18-21(32-26(31)12-17-29-15-4-5-16-29)10-13-27(20,2)25(22)11-14-28(23,24)3/h8,20-22,24-25H,4-7,9-18H2,1-3H3/t20-,21-,22+,24-,25+,27-,28+/m0/s1. The summed E-state index contributed by atoms with van der Waals surface area (Å²) < 4.78 is 6.00. The van der Waals surface area contributed by atoms with Gasteiger partial charge in [-0.3, -0.25) is 9.59 Å². The van der Waals surface area contributed by atoms with Crippen LogP contribution >= 0.6 is 0 Å². The summed E-state index contributed by atoms with van der Waals surface area (Å²) in [5.74, 6) is 3.16. The Morgan fingerprint density at radius 1 is 1.06 bits per heavy atom. The van der Waals surface area contributed by atoms with Crippen LogP contribution in [0.3, 0.4) is 0 Å². The van der Waals surface area contributed by atoms with Gasteiger partial charge in [-0.25, -0.2) is 0 Å². The first-order valence-electron chi connectivity index (χ1n) is 13.4. The SMILES string of the molecule is CC(=O)C1=CC[C@H]2[C@H]3CC[C@H]4C[C@@H](OC(=O)CCN5CCCC5)CC[C@]4(C)[C@@H]3CC[C@]12C. The van der Waals surface area contributed by atoms with E-state index < -0.39 is 0 Å². The van der Waals surface area contributed by atoms with E-state index in [1.165, 1.54) is 44.9 Å². The molecule has 7 atom stereocenters. The zero-order valence-corrected chi connectivity index (χ0v) is 20.5. The van der Waals surface area contributed by atoms with Crippen molar-refractivity contribution in [2.75, 3.05) is 19.6 Å². The number of hydrogen-bond donors (Lipinski definition) is 0. The van der Waals surface area contributed by atoms with Gasteiger partial charge in [-0.2, -0.15) is 0 Å². The first kappa shape index (κ1) is 22.6. The second kappa shape index (κ2) is 8.56. The van der Waals surface area contributed by atoms with E-state index in [9.17, 15) is 9.59 Å². The fourth-order valence-corrected chi connectivity index (χ4v) is 8.94. The summed E-state index contributed by atoms with van der Waals surface area (Å²) in [6.45, 7) is 9.84. The van der Waals surface area contributed by atoms with E-state index in [2.05, 4.69) is 24.8 Å². The summed E-state index contributed by atoms with van der Waals surface area (Å²) in [6.07, 6.45) is 14.9. The molecule has 4 heteroatoms. The Kier molecular flexibility index (Phi) is 6.05. The summed E-state index contributed by atoms with van der Waals surface area (Å²) in [5, 5.41) is 0.